The molecule has 1 heteroatoms. The van der Waals surface area contributed by atoms with Gasteiger partial charge in [0, 0.05) is 17.1 Å². The summed E-state index contributed by atoms with van der Waals surface area (Å²) < 4.78 is 0. The molecule has 1 spiro atoms. The topological polar surface area (TPSA) is 3.24 Å². The van der Waals surface area contributed by atoms with Gasteiger partial charge in [0.2, 0.25) is 0 Å². The van der Waals surface area contributed by atoms with E-state index in [4.69, 9.17) is 0 Å². The second-order valence-electron chi connectivity index (χ2n) is 11.8. The Morgan fingerprint density at radius 3 is 1.74 bits per heavy atom. The number of nitrogens with zero attached hydrogens (tertiary/aromatic N) is 1. The molecule has 7 aromatic carbocycles. The predicted octanol–water partition coefficient (Wildman–Crippen LogP) is 11.0. The first-order valence-corrected chi connectivity index (χ1v) is 15.0. The van der Waals surface area contributed by atoms with E-state index in [9.17, 15) is 0 Å². The van der Waals surface area contributed by atoms with Crippen molar-refractivity contribution < 1.29 is 0 Å². The first kappa shape index (κ1) is 24.2. The summed E-state index contributed by atoms with van der Waals surface area (Å²) in [6, 6.07) is 58.3. The lowest BCUT2D eigenvalue weighted by molar-refractivity contribution is 0.793. The van der Waals surface area contributed by atoms with E-state index in [1.54, 1.807) is 0 Å². The highest BCUT2D eigenvalue weighted by molar-refractivity contribution is 5.97. The summed E-state index contributed by atoms with van der Waals surface area (Å²) in [5.74, 6) is 0. The number of benzene rings is 7. The van der Waals surface area contributed by atoms with Crippen LogP contribution in [0.5, 0.6) is 0 Å². The van der Waals surface area contributed by atoms with Crippen LogP contribution in [0.4, 0.5) is 17.1 Å². The van der Waals surface area contributed by atoms with Crippen molar-refractivity contribution >= 4 is 27.8 Å². The lowest BCUT2D eigenvalue weighted by atomic mass is 9.70. The number of rotatable bonds is 3. The van der Waals surface area contributed by atoms with Gasteiger partial charge >= 0.3 is 0 Å². The average molecular weight is 548 g/mol. The Balaban J connectivity index is 1.35. The van der Waals surface area contributed by atoms with Crippen LogP contribution >= 0.6 is 0 Å². The molecule has 202 valence electrons. The Hall–Kier alpha value is -5.40. The van der Waals surface area contributed by atoms with Crippen molar-refractivity contribution in [3.63, 3.8) is 0 Å². The molecule has 0 amide bonds. The van der Waals surface area contributed by atoms with Gasteiger partial charge in [0.15, 0.2) is 0 Å². The van der Waals surface area contributed by atoms with E-state index < -0.39 is 0 Å². The highest BCUT2D eigenvalue weighted by Crippen LogP contribution is 2.63. The fraction of sp³-hybridized carbons (Fsp3) is 0.0476. The van der Waals surface area contributed by atoms with Crippen molar-refractivity contribution in [1.82, 2.24) is 0 Å². The second-order valence-corrected chi connectivity index (χ2v) is 11.8. The largest absolute Gasteiger partial charge is 0.310 e. The molecule has 0 saturated heterocycles. The first-order valence-electron chi connectivity index (χ1n) is 15.0. The molecule has 1 atom stereocenters. The monoisotopic (exact) mass is 547 g/mol. The summed E-state index contributed by atoms with van der Waals surface area (Å²) in [6.45, 7) is 2.20. The van der Waals surface area contributed by atoms with Crippen LogP contribution in [0.25, 0.3) is 33.0 Å². The normalized spacial score (nSPS) is 15.7. The van der Waals surface area contributed by atoms with Crippen LogP contribution in [0.2, 0.25) is 0 Å². The molecule has 43 heavy (non-hydrogen) atoms. The molecule has 0 aliphatic heterocycles. The summed E-state index contributed by atoms with van der Waals surface area (Å²) in [5, 5.41) is 2.48. The molecule has 0 aromatic heterocycles. The van der Waals surface area contributed by atoms with E-state index >= 15 is 0 Å². The summed E-state index contributed by atoms with van der Waals surface area (Å²) in [5.41, 5.74) is 15.2. The maximum absolute atomic E-state index is 2.46. The Bertz CT molecular complexity index is 2210. The van der Waals surface area contributed by atoms with Crippen LogP contribution in [-0.4, -0.2) is 0 Å². The van der Waals surface area contributed by atoms with Crippen LogP contribution in [-0.2, 0) is 5.41 Å². The molecule has 9 rings (SSSR count). The molecule has 0 saturated carbocycles. The Labute approximate surface area is 252 Å². The number of hydrogen-bond donors (Lipinski definition) is 0. The van der Waals surface area contributed by atoms with E-state index in [1.807, 2.05) is 0 Å². The van der Waals surface area contributed by atoms with Crippen molar-refractivity contribution in [2.75, 3.05) is 4.90 Å². The number of aryl methyl sites for hydroxylation is 1. The minimum Gasteiger partial charge on any atom is -0.310 e. The smallest absolute Gasteiger partial charge is 0.0726 e. The third-order valence-corrected chi connectivity index (χ3v) is 9.49. The van der Waals surface area contributed by atoms with Gasteiger partial charge in [0.1, 0.15) is 0 Å². The molecule has 2 aliphatic rings. The minimum atomic E-state index is -0.368. The number of anilines is 3. The molecule has 7 aromatic rings. The maximum atomic E-state index is 2.46. The van der Waals surface area contributed by atoms with Gasteiger partial charge in [-0.25, -0.2) is 0 Å². The lowest BCUT2D eigenvalue weighted by Crippen LogP contribution is -2.26. The molecule has 1 unspecified atom stereocenters. The van der Waals surface area contributed by atoms with Gasteiger partial charge in [0.05, 0.1) is 5.41 Å². The molecule has 0 bridgehead atoms. The summed E-state index contributed by atoms with van der Waals surface area (Å²) in [7, 11) is 0. The summed E-state index contributed by atoms with van der Waals surface area (Å²) >= 11 is 0. The molecule has 1 nitrogen and oxygen atoms in total. The zero-order chi connectivity index (χ0) is 28.5. The number of hydrogen-bond acceptors (Lipinski definition) is 1. The zero-order valence-corrected chi connectivity index (χ0v) is 24.0. The van der Waals surface area contributed by atoms with E-state index in [0.717, 1.165) is 17.1 Å². The fourth-order valence-corrected chi connectivity index (χ4v) is 7.72. The van der Waals surface area contributed by atoms with Crippen LogP contribution in [0.15, 0.2) is 158 Å². The van der Waals surface area contributed by atoms with E-state index in [1.165, 1.54) is 60.8 Å². The van der Waals surface area contributed by atoms with Crippen molar-refractivity contribution in [3.8, 4) is 22.3 Å². The number of fused-ring (bicyclic) bond motifs is 11. The Morgan fingerprint density at radius 1 is 0.372 bits per heavy atom. The third kappa shape index (κ3) is 3.34. The van der Waals surface area contributed by atoms with Gasteiger partial charge in [0.25, 0.3) is 0 Å². The standard InChI is InChI=1S/C42H29N/c1-28-19-24-40-37(25-28)35-16-8-10-18-39(35)42(40)38-17-9-7-15-34(38)36-23-22-33(27-41(36)42)43(31-13-3-2-4-14-31)32-21-20-29-11-5-6-12-30(29)26-32/h2-27H,1H3. The molecular weight excluding hydrogens is 518 g/mol. The van der Waals surface area contributed by atoms with Crippen molar-refractivity contribution in [3.05, 3.63) is 186 Å². The van der Waals surface area contributed by atoms with Crippen LogP contribution in [0, 0.1) is 6.92 Å². The quantitative estimate of drug-likeness (QED) is 0.213. The van der Waals surface area contributed by atoms with Gasteiger partial charge in [-0.05, 0) is 98.6 Å². The molecule has 0 radical (unpaired) electrons. The van der Waals surface area contributed by atoms with Gasteiger partial charge in [-0.2, -0.15) is 0 Å². The molecular formula is C42H29N. The van der Waals surface area contributed by atoms with Gasteiger partial charge in [-0.15, -0.1) is 0 Å². The van der Waals surface area contributed by atoms with Crippen molar-refractivity contribution in [2.45, 2.75) is 12.3 Å². The fourth-order valence-electron chi connectivity index (χ4n) is 7.72. The van der Waals surface area contributed by atoms with Crippen LogP contribution < -0.4 is 4.90 Å². The predicted molar refractivity (Wildman–Crippen MR) is 180 cm³/mol. The third-order valence-electron chi connectivity index (χ3n) is 9.49. The summed E-state index contributed by atoms with van der Waals surface area (Å²) in [6.07, 6.45) is 0. The van der Waals surface area contributed by atoms with Crippen molar-refractivity contribution in [2.24, 2.45) is 0 Å². The van der Waals surface area contributed by atoms with Gasteiger partial charge < -0.3 is 4.90 Å². The SMILES string of the molecule is Cc1ccc2c(c1)-c1ccccc1C21c2ccccc2-c2ccc(N(c3ccccc3)c3ccc4ccccc4c3)cc21. The van der Waals surface area contributed by atoms with Gasteiger partial charge in [-0.3, -0.25) is 0 Å². The van der Waals surface area contributed by atoms with E-state index in [0.29, 0.717) is 0 Å². The lowest BCUT2D eigenvalue weighted by Gasteiger charge is -2.32. The molecule has 0 fully saturated rings. The van der Waals surface area contributed by atoms with E-state index in [-0.39, 0.29) is 5.41 Å². The zero-order valence-electron chi connectivity index (χ0n) is 24.0. The summed E-state index contributed by atoms with van der Waals surface area (Å²) in [4.78, 5) is 2.40. The van der Waals surface area contributed by atoms with Gasteiger partial charge in [-0.1, -0.05) is 127 Å². The first-order chi connectivity index (χ1) is 21.2. The van der Waals surface area contributed by atoms with Crippen LogP contribution in [0.1, 0.15) is 27.8 Å². The highest BCUT2D eigenvalue weighted by Gasteiger charge is 2.51. The maximum Gasteiger partial charge on any atom is 0.0726 e. The molecule has 0 N–H and O–H groups in total. The van der Waals surface area contributed by atoms with Crippen molar-refractivity contribution in [1.29, 1.82) is 0 Å². The van der Waals surface area contributed by atoms with E-state index in [2.05, 4.69) is 170 Å². The highest BCUT2D eigenvalue weighted by atomic mass is 15.1. The second kappa shape index (κ2) is 9.05. The molecule has 2 aliphatic carbocycles. The Morgan fingerprint density at radius 2 is 0.953 bits per heavy atom. The minimum absolute atomic E-state index is 0.368. The molecule has 0 heterocycles. The van der Waals surface area contributed by atoms with Crippen LogP contribution in [0.3, 0.4) is 0 Å². The Kier molecular flexibility index (Phi) is 5.10. The average Bonchev–Trinajstić information content (AvgIpc) is 3.52. The number of para-hydroxylation sites is 1.